The summed E-state index contributed by atoms with van der Waals surface area (Å²) in [5.74, 6) is 0.405. The van der Waals surface area contributed by atoms with Crippen LogP contribution in [0.5, 0.6) is 5.75 Å². The Bertz CT molecular complexity index is 1020. The highest BCUT2D eigenvalue weighted by atomic mass is 35.5. The van der Waals surface area contributed by atoms with Gasteiger partial charge in [-0.25, -0.2) is 4.98 Å². The lowest BCUT2D eigenvalue weighted by Gasteiger charge is -2.33. The minimum atomic E-state index is -0.390. The molecule has 0 saturated carbocycles. The van der Waals surface area contributed by atoms with Gasteiger partial charge < -0.3 is 19.9 Å². The van der Waals surface area contributed by atoms with E-state index in [0.29, 0.717) is 16.8 Å². The van der Waals surface area contributed by atoms with Gasteiger partial charge in [-0.3, -0.25) is 4.79 Å². The Hall–Kier alpha value is -2.57. The second-order valence-electron chi connectivity index (χ2n) is 7.47. The van der Waals surface area contributed by atoms with Gasteiger partial charge in [-0.05, 0) is 48.9 Å². The summed E-state index contributed by atoms with van der Waals surface area (Å²) in [5.41, 5.74) is 8.05. The van der Waals surface area contributed by atoms with Crippen LogP contribution in [0.4, 0.5) is 0 Å². The van der Waals surface area contributed by atoms with Crippen molar-refractivity contribution in [1.82, 2.24) is 14.5 Å². The van der Waals surface area contributed by atoms with Crippen LogP contribution in [0.1, 0.15) is 34.8 Å². The molecule has 0 bridgehead atoms. The summed E-state index contributed by atoms with van der Waals surface area (Å²) in [6, 6.07) is 10.0. The fourth-order valence-corrected chi connectivity index (χ4v) is 4.42. The molecule has 1 aromatic carbocycles. The minimum absolute atomic E-state index is 0.390. The van der Waals surface area contributed by atoms with Gasteiger partial charge in [-0.2, -0.15) is 0 Å². The number of carbonyl (C=O) groups is 1. The van der Waals surface area contributed by atoms with Crippen LogP contribution >= 0.6 is 11.6 Å². The molecule has 3 heterocycles. The van der Waals surface area contributed by atoms with Crippen molar-refractivity contribution in [3.8, 4) is 5.75 Å². The average molecular weight is 413 g/mol. The first-order valence-electron chi connectivity index (χ1n) is 9.87. The molecule has 6 nitrogen and oxygen atoms in total. The van der Waals surface area contributed by atoms with E-state index >= 15 is 0 Å². The summed E-state index contributed by atoms with van der Waals surface area (Å²) in [5, 5.41) is 1.65. The number of primary amides is 1. The summed E-state index contributed by atoms with van der Waals surface area (Å²) in [6.07, 6.45) is 6.72. The van der Waals surface area contributed by atoms with Gasteiger partial charge in [-0.15, -0.1) is 0 Å². The Morgan fingerprint density at radius 2 is 2.07 bits per heavy atom. The Morgan fingerprint density at radius 1 is 1.28 bits per heavy atom. The highest BCUT2D eigenvalue weighted by molar-refractivity contribution is 6.30. The Morgan fingerprint density at radius 3 is 2.79 bits per heavy atom. The van der Waals surface area contributed by atoms with Gasteiger partial charge in [0.2, 0.25) is 5.91 Å². The predicted octanol–water partition coefficient (Wildman–Crippen LogP) is 3.68. The van der Waals surface area contributed by atoms with Crippen LogP contribution in [-0.4, -0.2) is 47.1 Å². The third-order valence-electron chi connectivity index (χ3n) is 5.82. The number of piperidine rings is 1. The molecular weight excluding hydrogens is 388 g/mol. The fraction of sp³-hybridized carbons (Fsp3) is 0.364. The van der Waals surface area contributed by atoms with Crippen molar-refractivity contribution in [2.45, 2.75) is 25.3 Å². The zero-order valence-electron chi connectivity index (χ0n) is 16.5. The normalized spacial score (nSPS) is 15.7. The molecule has 2 aromatic heterocycles. The number of ether oxygens (including phenoxy) is 1. The molecule has 0 aliphatic carbocycles. The lowest BCUT2D eigenvalue weighted by molar-refractivity contribution is 0.100. The number of nitrogens with two attached hydrogens (primary N) is 1. The minimum Gasteiger partial charge on any atom is -0.496 e. The molecule has 4 rings (SSSR count). The fourth-order valence-electron chi connectivity index (χ4n) is 4.18. The summed E-state index contributed by atoms with van der Waals surface area (Å²) in [4.78, 5) is 18.2. The Balaban J connectivity index is 1.41. The Labute approximate surface area is 175 Å². The number of likely N-dealkylation sites (tertiary alicyclic amines) is 1. The van der Waals surface area contributed by atoms with Gasteiger partial charge in [0.05, 0.1) is 7.11 Å². The average Bonchev–Trinajstić information content (AvgIpc) is 3.16. The number of nitrogens with zero attached hydrogens (tertiary/aromatic N) is 3. The molecular formula is C22H25ClN4O2. The van der Waals surface area contributed by atoms with Crippen molar-refractivity contribution in [2.75, 3.05) is 26.7 Å². The third-order valence-corrected chi connectivity index (χ3v) is 6.14. The number of amides is 1. The number of halogens is 1. The van der Waals surface area contributed by atoms with Crippen LogP contribution in [0.2, 0.25) is 5.15 Å². The van der Waals surface area contributed by atoms with E-state index in [9.17, 15) is 4.79 Å². The van der Waals surface area contributed by atoms with Crippen molar-refractivity contribution in [3.05, 3.63) is 59.0 Å². The third kappa shape index (κ3) is 4.09. The number of benzene rings is 1. The van der Waals surface area contributed by atoms with Crippen LogP contribution < -0.4 is 10.5 Å². The number of pyridine rings is 1. The van der Waals surface area contributed by atoms with Gasteiger partial charge in [0.1, 0.15) is 10.9 Å². The zero-order chi connectivity index (χ0) is 20.4. The first kappa shape index (κ1) is 19.7. The maximum Gasteiger partial charge on any atom is 0.248 e. The molecule has 1 saturated heterocycles. The molecule has 1 fully saturated rings. The molecule has 2 N–H and O–H groups in total. The smallest absolute Gasteiger partial charge is 0.248 e. The van der Waals surface area contributed by atoms with Crippen LogP contribution in [0.25, 0.3) is 10.9 Å². The topological polar surface area (TPSA) is 73.4 Å². The van der Waals surface area contributed by atoms with Gasteiger partial charge >= 0.3 is 0 Å². The molecule has 7 heteroatoms. The molecule has 29 heavy (non-hydrogen) atoms. The van der Waals surface area contributed by atoms with E-state index in [4.69, 9.17) is 22.1 Å². The summed E-state index contributed by atoms with van der Waals surface area (Å²) < 4.78 is 7.71. The number of rotatable bonds is 6. The van der Waals surface area contributed by atoms with Crippen LogP contribution in [0, 0.1) is 0 Å². The molecule has 1 amide bonds. The number of hydrogen-bond acceptors (Lipinski definition) is 4. The Kier molecular flexibility index (Phi) is 5.74. The van der Waals surface area contributed by atoms with Crippen LogP contribution in [-0.2, 0) is 6.42 Å². The van der Waals surface area contributed by atoms with E-state index in [1.165, 1.54) is 0 Å². The van der Waals surface area contributed by atoms with E-state index < -0.39 is 0 Å². The molecule has 0 unspecified atom stereocenters. The van der Waals surface area contributed by atoms with Gasteiger partial charge in [0.25, 0.3) is 0 Å². The van der Waals surface area contributed by atoms with Gasteiger partial charge in [0, 0.05) is 54.7 Å². The molecule has 0 spiro atoms. The number of hydrogen-bond donors (Lipinski definition) is 1. The maximum atomic E-state index is 11.5. The predicted molar refractivity (Wildman–Crippen MR) is 115 cm³/mol. The van der Waals surface area contributed by atoms with Crippen LogP contribution in [0.15, 0.2) is 42.7 Å². The van der Waals surface area contributed by atoms with Gasteiger partial charge in [-0.1, -0.05) is 17.7 Å². The molecule has 3 aromatic rings. The van der Waals surface area contributed by atoms with E-state index in [1.54, 1.807) is 19.4 Å². The summed E-state index contributed by atoms with van der Waals surface area (Å²) >= 11 is 6.26. The SMILES string of the molecule is COc1ccnc(Cl)c1CCN1CCC(n2ccc3ccc(C(N)=O)cc32)CC1. The van der Waals surface area contributed by atoms with Crippen molar-refractivity contribution >= 4 is 28.4 Å². The van der Waals surface area contributed by atoms with Crippen molar-refractivity contribution in [2.24, 2.45) is 5.73 Å². The van der Waals surface area contributed by atoms with Crippen molar-refractivity contribution in [3.63, 3.8) is 0 Å². The van der Waals surface area contributed by atoms with E-state index in [2.05, 4.69) is 26.7 Å². The first-order valence-corrected chi connectivity index (χ1v) is 10.2. The quantitative estimate of drug-likeness (QED) is 0.627. The molecule has 152 valence electrons. The monoisotopic (exact) mass is 412 g/mol. The standard InChI is InChI=1S/C22H25ClN4O2/c1-29-20-4-9-25-21(23)18(20)8-12-26-10-6-17(7-11-26)27-13-5-15-2-3-16(22(24)28)14-19(15)27/h2-5,9,13-14,17H,6-8,10-12H2,1H3,(H2,24,28). The maximum absolute atomic E-state index is 11.5. The van der Waals surface area contributed by atoms with Crippen molar-refractivity contribution < 1.29 is 9.53 Å². The number of fused-ring (bicyclic) bond motifs is 1. The van der Waals surface area contributed by atoms with Crippen molar-refractivity contribution in [1.29, 1.82) is 0 Å². The van der Waals surface area contributed by atoms with E-state index in [-0.39, 0.29) is 5.91 Å². The number of carbonyl (C=O) groups excluding carboxylic acids is 1. The highest BCUT2D eigenvalue weighted by Crippen LogP contribution is 2.29. The lowest BCUT2D eigenvalue weighted by Crippen LogP contribution is -2.36. The zero-order valence-corrected chi connectivity index (χ0v) is 17.2. The lowest BCUT2D eigenvalue weighted by atomic mass is 10.0. The summed E-state index contributed by atoms with van der Waals surface area (Å²) in [6.45, 7) is 2.95. The second kappa shape index (κ2) is 8.43. The van der Waals surface area contributed by atoms with E-state index in [0.717, 1.165) is 61.1 Å². The van der Waals surface area contributed by atoms with Crippen LogP contribution in [0.3, 0.4) is 0 Å². The highest BCUT2D eigenvalue weighted by Gasteiger charge is 2.22. The molecule has 1 aliphatic heterocycles. The van der Waals surface area contributed by atoms with E-state index in [1.807, 2.05) is 18.2 Å². The first-order chi connectivity index (χ1) is 14.1. The molecule has 0 atom stereocenters. The number of methoxy groups -OCH3 is 1. The van der Waals surface area contributed by atoms with Gasteiger partial charge in [0.15, 0.2) is 0 Å². The molecule has 1 aliphatic rings. The molecule has 0 radical (unpaired) electrons. The summed E-state index contributed by atoms with van der Waals surface area (Å²) in [7, 11) is 1.66. The largest absolute Gasteiger partial charge is 0.496 e. The number of aromatic nitrogens is 2. The second-order valence-corrected chi connectivity index (χ2v) is 7.82.